The topological polar surface area (TPSA) is 26.3 Å². The molecule has 0 bridgehead atoms. The van der Waals surface area contributed by atoms with Gasteiger partial charge in [-0.15, -0.1) is 0 Å². The predicted molar refractivity (Wildman–Crippen MR) is 79.6 cm³/mol. The van der Waals surface area contributed by atoms with Gasteiger partial charge in [0.25, 0.3) is 0 Å². The normalized spacial score (nSPS) is 12.4. The van der Waals surface area contributed by atoms with Crippen molar-refractivity contribution < 1.29 is 9.53 Å². The third kappa shape index (κ3) is 4.67. The number of benzene rings is 1. The molecule has 0 aliphatic heterocycles. The standard InChI is InChI=1S/C14H19ClO2Si/c1-17-14(16)12(10-18(2,3)4)9-11-7-5-6-8-13(11)15/h5-9H,10H2,1-4H3/b12-9+. The number of hydrogen-bond acceptors (Lipinski definition) is 2. The fraction of sp³-hybridized carbons (Fsp3) is 0.357. The third-order valence-corrected chi connectivity index (χ3v) is 4.19. The van der Waals surface area contributed by atoms with Crippen LogP contribution < -0.4 is 0 Å². The molecule has 2 nitrogen and oxygen atoms in total. The number of rotatable bonds is 4. The highest BCUT2D eigenvalue weighted by molar-refractivity contribution is 6.77. The van der Waals surface area contributed by atoms with Gasteiger partial charge in [0.15, 0.2) is 0 Å². The zero-order valence-corrected chi connectivity index (χ0v) is 13.0. The fourth-order valence-corrected chi connectivity index (χ4v) is 3.24. The summed E-state index contributed by atoms with van der Waals surface area (Å²) in [4.78, 5) is 11.8. The fourth-order valence-electron chi connectivity index (χ4n) is 1.66. The lowest BCUT2D eigenvalue weighted by Crippen LogP contribution is -2.23. The van der Waals surface area contributed by atoms with Crippen LogP contribution in [-0.4, -0.2) is 21.2 Å². The first-order chi connectivity index (χ1) is 8.33. The van der Waals surface area contributed by atoms with E-state index in [1.165, 1.54) is 7.11 Å². The molecule has 0 N–H and O–H groups in total. The van der Waals surface area contributed by atoms with Crippen LogP contribution in [0.25, 0.3) is 6.08 Å². The maximum atomic E-state index is 11.8. The Morgan fingerprint density at radius 2 is 1.94 bits per heavy atom. The monoisotopic (exact) mass is 282 g/mol. The van der Waals surface area contributed by atoms with Gasteiger partial charge in [-0.1, -0.05) is 49.4 Å². The Morgan fingerprint density at radius 1 is 1.33 bits per heavy atom. The van der Waals surface area contributed by atoms with E-state index in [0.717, 1.165) is 11.6 Å². The number of ether oxygens (including phenoxy) is 1. The summed E-state index contributed by atoms with van der Waals surface area (Å²) in [5.41, 5.74) is 1.56. The summed E-state index contributed by atoms with van der Waals surface area (Å²) in [7, 11) is 0.0269. The predicted octanol–water partition coefficient (Wildman–Crippen LogP) is 4.23. The van der Waals surface area contributed by atoms with Crippen LogP contribution in [0.4, 0.5) is 0 Å². The minimum Gasteiger partial charge on any atom is -0.466 e. The molecule has 1 aromatic carbocycles. The van der Waals surface area contributed by atoms with Gasteiger partial charge in [0, 0.05) is 18.7 Å². The lowest BCUT2D eigenvalue weighted by atomic mass is 10.1. The minimum absolute atomic E-state index is 0.266. The number of carbonyl (C=O) groups is 1. The maximum absolute atomic E-state index is 11.8. The number of halogens is 1. The van der Waals surface area contributed by atoms with E-state index < -0.39 is 8.07 Å². The average molecular weight is 283 g/mol. The Kier molecular flexibility index (Phi) is 5.17. The molecule has 0 heterocycles. The molecule has 0 atom stereocenters. The summed E-state index contributed by atoms with van der Waals surface area (Å²) in [5.74, 6) is -0.266. The van der Waals surface area contributed by atoms with Gasteiger partial charge in [-0.2, -0.15) is 0 Å². The molecule has 0 aliphatic rings. The molecule has 0 spiro atoms. The highest BCUT2D eigenvalue weighted by atomic mass is 35.5. The Morgan fingerprint density at radius 3 is 2.44 bits per heavy atom. The molecule has 0 unspecified atom stereocenters. The molecule has 0 saturated heterocycles. The second-order valence-corrected chi connectivity index (χ2v) is 11.3. The molecule has 18 heavy (non-hydrogen) atoms. The van der Waals surface area contributed by atoms with Crippen molar-refractivity contribution in [2.24, 2.45) is 0 Å². The number of methoxy groups -OCH3 is 1. The average Bonchev–Trinajstić information content (AvgIpc) is 2.28. The van der Waals surface area contributed by atoms with Crippen LogP contribution in [0.5, 0.6) is 0 Å². The summed E-state index contributed by atoms with van der Waals surface area (Å²) in [6.45, 7) is 6.66. The quantitative estimate of drug-likeness (QED) is 0.469. The molecule has 0 radical (unpaired) electrons. The lowest BCUT2D eigenvalue weighted by Gasteiger charge is -2.17. The molecule has 0 saturated carbocycles. The molecule has 0 aliphatic carbocycles. The molecule has 0 amide bonds. The van der Waals surface area contributed by atoms with Gasteiger partial charge < -0.3 is 4.74 Å². The van der Waals surface area contributed by atoms with Gasteiger partial charge in [-0.25, -0.2) is 4.79 Å². The first-order valence-electron chi connectivity index (χ1n) is 5.87. The Bertz CT molecular complexity index is 461. The van der Waals surface area contributed by atoms with Crippen LogP contribution in [0.1, 0.15) is 5.56 Å². The molecular formula is C14H19ClO2Si. The number of esters is 1. The maximum Gasteiger partial charge on any atom is 0.333 e. The van der Waals surface area contributed by atoms with Crippen molar-refractivity contribution in [2.75, 3.05) is 7.11 Å². The van der Waals surface area contributed by atoms with Crippen LogP contribution in [0.2, 0.25) is 30.7 Å². The third-order valence-electron chi connectivity index (χ3n) is 2.40. The van der Waals surface area contributed by atoms with Gasteiger partial charge in [-0.05, 0) is 23.7 Å². The Hall–Kier alpha value is -1.06. The van der Waals surface area contributed by atoms with Crippen molar-refractivity contribution in [2.45, 2.75) is 25.7 Å². The molecule has 1 rings (SSSR count). The summed E-state index contributed by atoms with van der Waals surface area (Å²) in [6.07, 6.45) is 1.84. The second kappa shape index (κ2) is 6.21. The molecule has 4 heteroatoms. The van der Waals surface area contributed by atoms with Crippen LogP contribution in [0.3, 0.4) is 0 Å². The first kappa shape index (κ1) is 15.0. The number of carbonyl (C=O) groups excluding carboxylic acids is 1. The summed E-state index contributed by atoms with van der Waals surface area (Å²) in [5, 5.41) is 0.648. The van der Waals surface area contributed by atoms with Gasteiger partial charge >= 0.3 is 5.97 Å². The van der Waals surface area contributed by atoms with E-state index in [1.54, 1.807) is 0 Å². The number of hydrogen-bond donors (Lipinski definition) is 0. The van der Waals surface area contributed by atoms with Gasteiger partial charge in [0.2, 0.25) is 0 Å². The van der Waals surface area contributed by atoms with Gasteiger partial charge in [0.1, 0.15) is 0 Å². The van der Waals surface area contributed by atoms with E-state index in [-0.39, 0.29) is 5.97 Å². The van der Waals surface area contributed by atoms with E-state index in [4.69, 9.17) is 16.3 Å². The smallest absolute Gasteiger partial charge is 0.333 e. The Labute approximate surface area is 115 Å². The molecule has 0 aromatic heterocycles. The van der Waals surface area contributed by atoms with E-state index >= 15 is 0 Å². The minimum atomic E-state index is -1.38. The van der Waals surface area contributed by atoms with Crippen LogP contribution in [0, 0.1) is 0 Å². The van der Waals surface area contributed by atoms with Crippen molar-refractivity contribution in [1.82, 2.24) is 0 Å². The van der Waals surface area contributed by atoms with Gasteiger partial charge in [-0.3, -0.25) is 0 Å². The Balaban J connectivity index is 3.11. The summed E-state index contributed by atoms with van der Waals surface area (Å²) < 4.78 is 4.84. The SMILES string of the molecule is COC(=O)/C(=C/c1ccccc1Cl)C[Si](C)(C)C. The van der Waals surface area contributed by atoms with E-state index in [9.17, 15) is 4.79 Å². The first-order valence-corrected chi connectivity index (χ1v) is 9.95. The van der Waals surface area contributed by atoms with Crippen molar-refractivity contribution in [3.05, 3.63) is 40.4 Å². The van der Waals surface area contributed by atoms with Crippen LogP contribution >= 0.6 is 11.6 Å². The van der Waals surface area contributed by atoms with Crippen molar-refractivity contribution >= 4 is 31.7 Å². The highest BCUT2D eigenvalue weighted by Crippen LogP contribution is 2.23. The molecule has 98 valence electrons. The molecular weight excluding hydrogens is 264 g/mol. The summed E-state index contributed by atoms with van der Waals surface area (Å²) in [6, 6.07) is 8.27. The summed E-state index contributed by atoms with van der Waals surface area (Å²) >= 11 is 6.10. The zero-order valence-electron chi connectivity index (χ0n) is 11.3. The molecule has 1 aromatic rings. The highest BCUT2D eigenvalue weighted by Gasteiger charge is 2.20. The largest absolute Gasteiger partial charge is 0.466 e. The van der Waals surface area contributed by atoms with E-state index in [1.807, 2.05) is 30.3 Å². The van der Waals surface area contributed by atoms with Crippen molar-refractivity contribution in [1.29, 1.82) is 0 Å². The van der Waals surface area contributed by atoms with Gasteiger partial charge in [0.05, 0.1) is 7.11 Å². The van der Waals surface area contributed by atoms with Crippen molar-refractivity contribution in [3.8, 4) is 0 Å². The van der Waals surface area contributed by atoms with Crippen molar-refractivity contribution in [3.63, 3.8) is 0 Å². The van der Waals surface area contributed by atoms with Crippen LogP contribution in [-0.2, 0) is 9.53 Å². The molecule has 0 fully saturated rings. The second-order valence-electron chi connectivity index (χ2n) is 5.42. The van der Waals surface area contributed by atoms with E-state index in [2.05, 4.69) is 19.6 Å². The van der Waals surface area contributed by atoms with Crippen LogP contribution in [0.15, 0.2) is 29.8 Å². The zero-order chi connectivity index (χ0) is 13.8. The lowest BCUT2D eigenvalue weighted by molar-refractivity contribution is -0.135. The van der Waals surface area contributed by atoms with E-state index in [0.29, 0.717) is 10.6 Å².